The van der Waals surface area contributed by atoms with Crippen molar-refractivity contribution in [2.45, 2.75) is 6.92 Å². The maximum atomic E-state index is 11.6. The van der Waals surface area contributed by atoms with Crippen LogP contribution in [-0.4, -0.2) is 26.2 Å². The Morgan fingerprint density at radius 3 is 2.81 bits per heavy atom. The summed E-state index contributed by atoms with van der Waals surface area (Å²) in [4.78, 5) is 16.5. The molecule has 0 saturated carbocycles. The smallest absolute Gasteiger partial charge is 0.274 e. The van der Waals surface area contributed by atoms with Gasteiger partial charge in [0.05, 0.1) is 13.2 Å². The molecule has 0 unspecified atom stereocenters. The maximum Gasteiger partial charge on any atom is 0.274 e. The fourth-order valence-electron chi connectivity index (χ4n) is 1.12. The van der Waals surface area contributed by atoms with Crippen molar-refractivity contribution in [1.82, 2.24) is 5.48 Å². The van der Waals surface area contributed by atoms with Gasteiger partial charge in [-0.3, -0.25) is 9.63 Å². The number of nitrogen functional groups attached to an aromatic ring is 1. The van der Waals surface area contributed by atoms with Crippen molar-refractivity contribution >= 4 is 11.6 Å². The van der Waals surface area contributed by atoms with E-state index >= 15 is 0 Å². The highest BCUT2D eigenvalue weighted by Crippen LogP contribution is 2.12. The number of amides is 1. The Kier molecular flexibility index (Phi) is 4.75. The van der Waals surface area contributed by atoms with Crippen molar-refractivity contribution in [1.29, 1.82) is 0 Å². The first-order valence-electron chi connectivity index (χ1n) is 4.92. The first-order chi connectivity index (χ1) is 7.65. The number of rotatable bonds is 5. The van der Waals surface area contributed by atoms with Gasteiger partial charge in [0.1, 0.15) is 0 Å². The number of hydrogen-bond donors (Lipinski definition) is 2. The van der Waals surface area contributed by atoms with Crippen LogP contribution in [0.2, 0.25) is 0 Å². The van der Waals surface area contributed by atoms with E-state index in [2.05, 4.69) is 5.48 Å². The zero-order valence-corrected chi connectivity index (χ0v) is 9.45. The molecule has 0 atom stereocenters. The molecule has 88 valence electrons. The summed E-state index contributed by atoms with van der Waals surface area (Å²) in [5.41, 5.74) is 10.0. The van der Waals surface area contributed by atoms with Gasteiger partial charge >= 0.3 is 0 Å². The zero-order chi connectivity index (χ0) is 12.0. The van der Waals surface area contributed by atoms with Gasteiger partial charge in [-0.1, -0.05) is 0 Å². The molecule has 1 rings (SSSR count). The number of hydroxylamine groups is 1. The van der Waals surface area contributed by atoms with E-state index in [1.807, 2.05) is 6.92 Å². The van der Waals surface area contributed by atoms with E-state index in [1.54, 1.807) is 25.3 Å². The van der Waals surface area contributed by atoms with Crippen LogP contribution in [0.5, 0.6) is 0 Å². The van der Waals surface area contributed by atoms with Crippen LogP contribution in [0, 0.1) is 6.92 Å². The zero-order valence-electron chi connectivity index (χ0n) is 9.45. The molecule has 5 nitrogen and oxygen atoms in total. The number of nitrogens with two attached hydrogens (primary N) is 1. The molecular weight excluding hydrogens is 208 g/mol. The predicted octanol–water partition coefficient (Wildman–Crippen LogP) is 0.885. The second-order valence-corrected chi connectivity index (χ2v) is 3.34. The third-order valence-corrected chi connectivity index (χ3v) is 2.09. The van der Waals surface area contributed by atoms with Crippen molar-refractivity contribution in [3.63, 3.8) is 0 Å². The van der Waals surface area contributed by atoms with Crippen LogP contribution >= 0.6 is 0 Å². The van der Waals surface area contributed by atoms with Crippen molar-refractivity contribution < 1.29 is 14.4 Å². The SMILES string of the molecule is COCCONC(=O)c1ccc(N)c(C)c1. The van der Waals surface area contributed by atoms with Gasteiger partial charge in [0, 0.05) is 18.4 Å². The second kappa shape index (κ2) is 6.09. The molecule has 16 heavy (non-hydrogen) atoms. The third kappa shape index (κ3) is 3.52. The van der Waals surface area contributed by atoms with E-state index in [9.17, 15) is 4.79 Å². The van der Waals surface area contributed by atoms with Crippen molar-refractivity contribution in [3.05, 3.63) is 29.3 Å². The quantitative estimate of drug-likeness (QED) is 0.442. The van der Waals surface area contributed by atoms with Crippen LogP contribution in [0.3, 0.4) is 0 Å². The number of nitrogens with one attached hydrogen (secondary N) is 1. The molecule has 0 bridgehead atoms. The lowest BCUT2D eigenvalue weighted by atomic mass is 10.1. The number of aryl methyl sites for hydroxylation is 1. The maximum absolute atomic E-state index is 11.6. The standard InChI is InChI=1S/C11H16N2O3/c1-8-7-9(3-4-10(8)12)11(14)13-16-6-5-15-2/h3-4,7H,5-6,12H2,1-2H3,(H,13,14). The van der Waals surface area contributed by atoms with Gasteiger partial charge in [-0.05, 0) is 30.7 Å². The first kappa shape index (κ1) is 12.5. The van der Waals surface area contributed by atoms with E-state index in [-0.39, 0.29) is 5.91 Å². The Bertz CT molecular complexity index is 366. The number of methoxy groups -OCH3 is 1. The van der Waals surface area contributed by atoms with Gasteiger partial charge in [-0.2, -0.15) is 0 Å². The van der Waals surface area contributed by atoms with Crippen molar-refractivity contribution in [2.75, 3.05) is 26.1 Å². The summed E-state index contributed by atoms with van der Waals surface area (Å²) in [6, 6.07) is 5.06. The van der Waals surface area contributed by atoms with E-state index in [1.165, 1.54) is 0 Å². The molecule has 1 amide bonds. The number of carbonyl (C=O) groups excluding carboxylic acids is 1. The molecule has 1 aromatic carbocycles. The van der Waals surface area contributed by atoms with Crippen LogP contribution in [-0.2, 0) is 9.57 Å². The summed E-state index contributed by atoms with van der Waals surface area (Å²) in [6.07, 6.45) is 0. The largest absolute Gasteiger partial charge is 0.399 e. The number of benzene rings is 1. The van der Waals surface area contributed by atoms with Gasteiger partial charge in [0.25, 0.3) is 5.91 Å². The van der Waals surface area contributed by atoms with E-state index in [4.69, 9.17) is 15.3 Å². The number of hydrogen-bond acceptors (Lipinski definition) is 4. The molecule has 0 heterocycles. The molecular formula is C11H16N2O3. The molecule has 0 aromatic heterocycles. The summed E-state index contributed by atoms with van der Waals surface area (Å²) < 4.78 is 4.77. The Morgan fingerprint density at radius 2 is 2.19 bits per heavy atom. The highest BCUT2D eigenvalue weighted by atomic mass is 16.7. The summed E-state index contributed by atoms with van der Waals surface area (Å²) in [5.74, 6) is -0.292. The summed E-state index contributed by atoms with van der Waals surface area (Å²) in [6.45, 7) is 2.59. The normalized spacial score (nSPS) is 10.1. The lowest BCUT2D eigenvalue weighted by molar-refractivity contribution is 0.00888. The minimum absolute atomic E-state index is 0.292. The average molecular weight is 224 g/mol. The van der Waals surface area contributed by atoms with Crippen LogP contribution in [0.1, 0.15) is 15.9 Å². The Hall–Kier alpha value is -1.59. The van der Waals surface area contributed by atoms with Gasteiger partial charge in [0.15, 0.2) is 0 Å². The first-order valence-corrected chi connectivity index (χ1v) is 4.92. The Balaban J connectivity index is 2.50. The average Bonchev–Trinajstić information content (AvgIpc) is 2.28. The van der Waals surface area contributed by atoms with Crippen LogP contribution in [0.4, 0.5) is 5.69 Å². The summed E-state index contributed by atoms with van der Waals surface area (Å²) >= 11 is 0. The molecule has 0 saturated heterocycles. The Morgan fingerprint density at radius 1 is 1.44 bits per heavy atom. The fourth-order valence-corrected chi connectivity index (χ4v) is 1.12. The van der Waals surface area contributed by atoms with Crippen molar-refractivity contribution in [3.8, 4) is 0 Å². The third-order valence-electron chi connectivity index (χ3n) is 2.09. The van der Waals surface area contributed by atoms with Crippen molar-refractivity contribution in [2.24, 2.45) is 0 Å². The number of anilines is 1. The number of carbonyl (C=O) groups is 1. The summed E-state index contributed by atoms with van der Waals surface area (Å²) in [7, 11) is 1.56. The van der Waals surface area contributed by atoms with E-state index in [0.717, 1.165) is 5.56 Å². The molecule has 3 N–H and O–H groups in total. The molecule has 0 aliphatic carbocycles. The van der Waals surface area contributed by atoms with Crippen LogP contribution in [0.25, 0.3) is 0 Å². The van der Waals surface area contributed by atoms with Gasteiger partial charge in [-0.15, -0.1) is 0 Å². The molecule has 0 spiro atoms. The second-order valence-electron chi connectivity index (χ2n) is 3.34. The fraction of sp³-hybridized carbons (Fsp3) is 0.364. The topological polar surface area (TPSA) is 73.6 Å². The lowest BCUT2D eigenvalue weighted by Crippen LogP contribution is -2.25. The minimum Gasteiger partial charge on any atom is -0.399 e. The lowest BCUT2D eigenvalue weighted by Gasteiger charge is -2.07. The predicted molar refractivity (Wildman–Crippen MR) is 60.9 cm³/mol. The Labute approximate surface area is 94.5 Å². The highest BCUT2D eigenvalue weighted by molar-refractivity contribution is 5.94. The van der Waals surface area contributed by atoms with E-state index < -0.39 is 0 Å². The highest BCUT2D eigenvalue weighted by Gasteiger charge is 2.06. The number of ether oxygens (including phenoxy) is 1. The molecule has 0 radical (unpaired) electrons. The minimum atomic E-state index is -0.292. The van der Waals surface area contributed by atoms with Gasteiger partial charge < -0.3 is 10.5 Å². The van der Waals surface area contributed by atoms with Gasteiger partial charge in [-0.25, -0.2) is 5.48 Å². The van der Waals surface area contributed by atoms with Crippen LogP contribution in [0.15, 0.2) is 18.2 Å². The van der Waals surface area contributed by atoms with Crippen LogP contribution < -0.4 is 11.2 Å². The molecule has 1 aromatic rings. The molecule has 0 fully saturated rings. The summed E-state index contributed by atoms with van der Waals surface area (Å²) in [5, 5.41) is 0. The van der Waals surface area contributed by atoms with E-state index in [0.29, 0.717) is 24.5 Å². The molecule has 0 aliphatic heterocycles. The van der Waals surface area contributed by atoms with Gasteiger partial charge in [0.2, 0.25) is 0 Å². The monoisotopic (exact) mass is 224 g/mol. The molecule has 0 aliphatic rings. The molecule has 5 heteroatoms.